The Morgan fingerprint density at radius 2 is 1.95 bits per heavy atom. The molecule has 3 nitrogen and oxygen atoms in total. The van der Waals surface area contributed by atoms with Crippen LogP contribution < -0.4 is 5.32 Å². The zero-order valence-corrected chi connectivity index (χ0v) is 12.0. The van der Waals surface area contributed by atoms with E-state index in [0.717, 1.165) is 6.07 Å². The number of nitrogens with one attached hydrogen (secondary N) is 1. The largest absolute Gasteiger partial charge is 0.401 e. The first-order valence-corrected chi connectivity index (χ1v) is 7.10. The minimum atomic E-state index is -4.16. The highest BCUT2D eigenvalue weighted by Gasteiger charge is 2.32. The molecule has 120 valence electrons. The summed E-state index contributed by atoms with van der Waals surface area (Å²) in [7, 11) is 0. The standard InChI is InChI=1S/C15H17F4N3/c16-13-7-12(8-20)1-2-14(13)21-9-11-3-5-22(6-4-11)10-15(17,18)19/h1-2,7,11,21H,3-6,9-10H2. The van der Waals surface area contributed by atoms with Crippen LogP contribution >= 0.6 is 0 Å². The molecule has 0 aromatic heterocycles. The summed E-state index contributed by atoms with van der Waals surface area (Å²) in [4.78, 5) is 1.40. The maximum atomic E-state index is 13.7. The summed E-state index contributed by atoms with van der Waals surface area (Å²) >= 11 is 0. The first-order valence-electron chi connectivity index (χ1n) is 7.10. The van der Waals surface area contributed by atoms with Crippen LogP contribution in [-0.2, 0) is 0 Å². The van der Waals surface area contributed by atoms with Crippen LogP contribution in [0.3, 0.4) is 0 Å². The third-order valence-electron chi connectivity index (χ3n) is 3.79. The van der Waals surface area contributed by atoms with Gasteiger partial charge in [0.2, 0.25) is 0 Å². The van der Waals surface area contributed by atoms with Gasteiger partial charge in [0.25, 0.3) is 0 Å². The number of hydrogen-bond acceptors (Lipinski definition) is 3. The Morgan fingerprint density at radius 3 is 2.50 bits per heavy atom. The second-order valence-electron chi connectivity index (χ2n) is 5.52. The molecule has 0 unspecified atom stereocenters. The van der Waals surface area contributed by atoms with E-state index in [9.17, 15) is 17.6 Å². The van der Waals surface area contributed by atoms with Crippen LogP contribution in [0.5, 0.6) is 0 Å². The lowest BCUT2D eigenvalue weighted by molar-refractivity contribution is -0.148. The fraction of sp³-hybridized carbons (Fsp3) is 0.533. The van der Waals surface area contributed by atoms with E-state index in [0.29, 0.717) is 38.2 Å². The lowest BCUT2D eigenvalue weighted by Crippen LogP contribution is -2.41. The van der Waals surface area contributed by atoms with Gasteiger partial charge in [-0.3, -0.25) is 4.90 Å². The number of rotatable bonds is 4. The number of alkyl halides is 3. The molecular formula is C15H17F4N3. The summed E-state index contributed by atoms with van der Waals surface area (Å²) in [6.07, 6.45) is -2.85. The summed E-state index contributed by atoms with van der Waals surface area (Å²) < 4.78 is 50.6. The van der Waals surface area contributed by atoms with Crippen LogP contribution in [0.2, 0.25) is 0 Å². The van der Waals surface area contributed by atoms with Crippen LogP contribution in [0.4, 0.5) is 23.2 Å². The Labute approximate surface area is 126 Å². The Hall–Kier alpha value is -1.81. The summed E-state index contributed by atoms with van der Waals surface area (Å²) in [6.45, 7) is 0.462. The lowest BCUT2D eigenvalue weighted by atomic mass is 9.96. The number of nitrogens with zero attached hydrogens (tertiary/aromatic N) is 2. The van der Waals surface area contributed by atoms with E-state index in [1.807, 2.05) is 6.07 Å². The number of hydrogen-bond donors (Lipinski definition) is 1. The fourth-order valence-corrected chi connectivity index (χ4v) is 2.58. The van der Waals surface area contributed by atoms with E-state index >= 15 is 0 Å². The highest BCUT2D eigenvalue weighted by Crippen LogP contribution is 2.23. The number of benzene rings is 1. The lowest BCUT2D eigenvalue weighted by Gasteiger charge is -2.32. The molecule has 7 heteroatoms. The van der Waals surface area contributed by atoms with Crippen molar-refractivity contribution in [2.24, 2.45) is 5.92 Å². The molecule has 0 radical (unpaired) electrons. The van der Waals surface area contributed by atoms with Gasteiger partial charge in [-0.1, -0.05) is 0 Å². The average Bonchev–Trinajstić information content (AvgIpc) is 2.46. The molecule has 0 bridgehead atoms. The number of anilines is 1. The van der Waals surface area contributed by atoms with Crippen molar-refractivity contribution in [1.29, 1.82) is 5.26 Å². The third-order valence-corrected chi connectivity index (χ3v) is 3.79. The van der Waals surface area contributed by atoms with Gasteiger partial charge in [-0.15, -0.1) is 0 Å². The topological polar surface area (TPSA) is 39.1 Å². The van der Waals surface area contributed by atoms with Crippen molar-refractivity contribution < 1.29 is 17.6 Å². The molecule has 0 amide bonds. The predicted octanol–water partition coefficient (Wildman–Crippen LogP) is 3.38. The summed E-state index contributed by atoms with van der Waals surface area (Å²) in [5.74, 6) is -0.270. The number of halogens is 4. The number of piperidine rings is 1. The zero-order valence-electron chi connectivity index (χ0n) is 12.0. The smallest absolute Gasteiger partial charge is 0.382 e. The maximum absolute atomic E-state index is 13.7. The van der Waals surface area contributed by atoms with Gasteiger partial charge in [-0.05, 0) is 50.0 Å². The van der Waals surface area contributed by atoms with Crippen molar-refractivity contribution >= 4 is 5.69 Å². The molecule has 1 aromatic rings. The van der Waals surface area contributed by atoms with E-state index in [4.69, 9.17) is 5.26 Å². The molecule has 1 N–H and O–H groups in total. The van der Waals surface area contributed by atoms with Crippen molar-refractivity contribution in [3.63, 3.8) is 0 Å². The molecular weight excluding hydrogens is 298 g/mol. The van der Waals surface area contributed by atoms with Gasteiger partial charge < -0.3 is 5.32 Å². The van der Waals surface area contributed by atoms with Crippen molar-refractivity contribution in [3.8, 4) is 6.07 Å². The number of nitriles is 1. The van der Waals surface area contributed by atoms with Gasteiger partial charge in [0, 0.05) is 6.54 Å². The monoisotopic (exact) mass is 315 g/mol. The highest BCUT2D eigenvalue weighted by molar-refractivity contribution is 5.48. The van der Waals surface area contributed by atoms with E-state index in [1.54, 1.807) is 0 Å². The average molecular weight is 315 g/mol. The molecule has 1 saturated heterocycles. The molecule has 0 spiro atoms. The van der Waals surface area contributed by atoms with Gasteiger partial charge in [0.15, 0.2) is 0 Å². The summed E-state index contributed by atoms with van der Waals surface area (Å²) in [6, 6.07) is 6.05. The molecule has 1 heterocycles. The third kappa shape index (κ3) is 4.88. The minimum Gasteiger partial charge on any atom is -0.382 e. The highest BCUT2D eigenvalue weighted by atomic mass is 19.4. The molecule has 0 saturated carbocycles. The van der Waals surface area contributed by atoms with E-state index in [1.165, 1.54) is 17.0 Å². The van der Waals surface area contributed by atoms with Crippen molar-refractivity contribution in [1.82, 2.24) is 4.90 Å². The summed E-state index contributed by atoms with van der Waals surface area (Å²) in [5, 5.41) is 11.6. The van der Waals surface area contributed by atoms with E-state index < -0.39 is 18.5 Å². The van der Waals surface area contributed by atoms with Crippen LogP contribution in [0, 0.1) is 23.1 Å². The van der Waals surface area contributed by atoms with E-state index in [2.05, 4.69) is 5.32 Å². The Morgan fingerprint density at radius 1 is 1.27 bits per heavy atom. The van der Waals surface area contributed by atoms with Gasteiger partial charge in [0.05, 0.1) is 23.9 Å². The molecule has 1 aliphatic rings. The van der Waals surface area contributed by atoms with Crippen LogP contribution in [0.15, 0.2) is 18.2 Å². The first-order chi connectivity index (χ1) is 10.4. The quantitative estimate of drug-likeness (QED) is 0.866. The van der Waals surface area contributed by atoms with Gasteiger partial charge in [-0.2, -0.15) is 18.4 Å². The van der Waals surface area contributed by atoms with E-state index in [-0.39, 0.29) is 11.5 Å². The van der Waals surface area contributed by atoms with Crippen LogP contribution in [0.25, 0.3) is 0 Å². The van der Waals surface area contributed by atoms with Crippen molar-refractivity contribution in [2.75, 3.05) is 31.5 Å². The fourth-order valence-electron chi connectivity index (χ4n) is 2.58. The second-order valence-corrected chi connectivity index (χ2v) is 5.52. The number of likely N-dealkylation sites (tertiary alicyclic amines) is 1. The molecule has 1 fully saturated rings. The van der Waals surface area contributed by atoms with Crippen LogP contribution in [0.1, 0.15) is 18.4 Å². The Balaban J connectivity index is 1.79. The van der Waals surface area contributed by atoms with Crippen molar-refractivity contribution in [2.45, 2.75) is 19.0 Å². The molecule has 1 aliphatic heterocycles. The summed E-state index contributed by atoms with van der Waals surface area (Å²) in [5.41, 5.74) is 0.570. The zero-order chi connectivity index (χ0) is 16.2. The first kappa shape index (κ1) is 16.6. The van der Waals surface area contributed by atoms with Crippen molar-refractivity contribution in [3.05, 3.63) is 29.6 Å². The molecule has 2 rings (SSSR count). The van der Waals surface area contributed by atoms with Crippen LogP contribution in [-0.4, -0.2) is 37.3 Å². The Kier molecular flexibility index (Phi) is 5.24. The molecule has 22 heavy (non-hydrogen) atoms. The van der Waals surface area contributed by atoms with Gasteiger partial charge in [-0.25, -0.2) is 4.39 Å². The van der Waals surface area contributed by atoms with Gasteiger partial charge in [0.1, 0.15) is 5.82 Å². The minimum absolute atomic E-state index is 0.222. The van der Waals surface area contributed by atoms with Gasteiger partial charge >= 0.3 is 6.18 Å². The molecule has 0 atom stereocenters. The predicted molar refractivity (Wildman–Crippen MR) is 74.8 cm³/mol. The molecule has 1 aromatic carbocycles. The molecule has 0 aliphatic carbocycles. The maximum Gasteiger partial charge on any atom is 0.401 e. The normalized spacial score (nSPS) is 17.2. The SMILES string of the molecule is N#Cc1ccc(NCC2CCN(CC(F)(F)F)CC2)c(F)c1. The second kappa shape index (κ2) is 6.97. The Bertz CT molecular complexity index is 543.